The van der Waals surface area contributed by atoms with E-state index in [1.165, 1.54) is 18.9 Å². The number of carboxylic acid groups (broad SMARTS) is 1. The van der Waals surface area contributed by atoms with Crippen molar-refractivity contribution < 1.29 is 32.6 Å². The predicted octanol–water partition coefficient (Wildman–Crippen LogP) is 5.44. The number of carboxylic acids is 1. The number of carbonyl (C=O) groups is 2. The van der Waals surface area contributed by atoms with Gasteiger partial charge in [0.05, 0.1) is 30.3 Å². The van der Waals surface area contributed by atoms with E-state index in [-0.39, 0.29) is 22.8 Å². The zero-order valence-electron chi connectivity index (χ0n) is 20.3. The number of pyridine rings is 1. The first-order chi connectivity index (χ1) is 17.8. The molecule has 1 unspecified atom stereocenters. The molecule has 0 radical (unpaired) electrons. The van der Waals surface area contributed by atoms with Crippen LogP contribution in [0.3, 0.4) is 0 Å². The Bertz CT molecular complexity index is 1310. The second-order valence-electron chi connectivity index (χ2n) is 9.04. The summed E-state index contributed by atoms with van der Waals surface area (Å²) in [4.78, 5) is 31.3. The van der Waals surface area contributed by atoms with Gasteiger partial charge in [0, 0.05) is 35.5 Å². The number of piperidine rings is 1. The van der Waals surface area contributed by atoms with E-state index in [0.717, 1.165) is 24.4 Å². The first kappa shape index (κ1) is 26.9. The molecule has 4 rings (SSSR count). The van der Waals surface area contributed by atoms with Gasteiger partial charge in [0.1, 0.15) is 17.4 Å². The summed E-state index contributed by atoms with van der Waals surface area (Å²) in [6, 6.07) is 8.21. The lowest BCUT2D eigenvalue weighted by atomic mass is 9.81. The van der Waals surface area contributed by atoms with Crippen molar-refractivity contribution in [3.05, 3.63) is 65.6 Å². The Labute approximate surface area is 216 Å². The van der Waals surface area contributed by atoms with Crippen LogP contribution in [-0.4, -0.2) is 59.2 Å². The van der Waals surface area contributed by atoms with Crippen LogP contribution in [0.1, 0.15) is 29.6 Å². The topological polar surface area (TPSA) is 79.7 Å². The molecule has 1 saturated heterocycles. The maximum absolute atomic E-state index is 14.6. The molecule has 0 bridgehead atoms. The number of likely N-dealkylation sites (tertiary alicyclic amines) is 1. The van der Waals surface area contributed by atoms with Gasteiger partial charge in [-0.1, -0.05) is 0 Å². The van der Waals surface area contributed by atoms with E-state index in [0.29, 0.717) is 54.9 Å². The number of halogens is 3. The second kappa shape index (κ2) is 12.0. The minimum Gasteiger partial charge on any atom is -0.497 e. The van der Waals surface area contributed by atoms with Gasteiger partial charge in [-0.2, -0.15) is 0 Å². The number of ether oxygens (including phenoxy) is 1. The summed E-state index contributed by atoms with van der Waals surface area (Å²) in [6.45, 7) is 1.44. The number of aliphatic carboxylic acids is 1. The third kappa shape index (κ3) is 6.42. The highest BCUT2D eigenvalue weighted by Gasteiger charge is 2.34. The van der Waals surface area contributed by atoms with E-state index in [4.69, 9.17) is 4.74 Å². The molecule has 1 N–H and O–H groups in total. The number of methoxy groups -OCH3 is 1. The number of nitrogens with zero attached hydrogens (tertiary/aromatic N) is 2. The molecular formula is C27H27F3N2O4S. The van der Waals surface area contributed by atoms with Gasteiger partial charge in [0.25, 0.3) is 0 Å². The maximum atomic E-state index is 14.6. The molecule has 3 aromatic rings. The molecule has 196 valence electrons. The zero-order valence-corrected chi connectivity index (χ0v) is 21.1. The minimum absolute atomic E-state index is 0.0103. The van der Waals surface area contributed by atoms with Gasteiger partial charge in [-0.25, -0.2) is 13.2 Å². The Morgan fingerprint density at radius 3 is 2.73 bits per heavy atom. The second-order valence-corrected chi connectivity index (χ2v) is 10.2. The molecule has 2 heterocycles. The molecule has 6 nitrogen and oxygen atoms in total. The highest BCUT2D eigenvalue weighted by molar-refractivity contribution is 7.99. The van der Waals surface area contributed by atoms with Crippen LogP contribution < -0.4 is 4.74 Å². The molecule has 1 aliphatic heterocycles. The fourth-order valence-electron chi connectivity index (χ4n) is 4.77. The van der Waals surface area contributed by atoms with Crippen molar-refractivity contribution in [1.82, 2.24) is 9.88 Å². The van der Waals surface area contributed by atoms with Gasteiger partial charge in [-0.3, -0.25) is 14.6 Å². The number of hydrogen-bond acceptors (Lipinski definition) is 6. The van der Waals surface area contributed by atoms with Crippen molar-refractivity contribution in [2.45, 2.75) is 24.2 Å². The van der Waals surface area contributed by atoms with E-state index in [1.807, 2.05) is 4.90 Å². The highest BCUT2D eigenvalue weighted by atomic mass is 32.2. The predicted molar refractivity (Wildman–Crippen MR) is 135 cm³/mol. The SMILES string of the molecule is COc1ccc2ncc(F)c(C(=O)CCC3CCN(CCSc4cc(F)ccc4F)C[C@@H]3C(=O)O)c2c1. The van der Waals surface area contributed by atoms with E-state index in [1.54, 1.807) is 18.2 Å². The van der Waals surface area contributed by atoms with Crippen molar-refractivity contribution in [1.29, 1.82) is 0 Å². The first-order valence-corrected chi connectivity index (χ1v) is 12.9. The van der Waals surface area contributed by atoms with Crippen molar-refractivity contribution >= 4 is 34.4 Å². The Kier molecular flexibility index (Phi) is 8.71. The molecule has 0 aliphatic carbocycles. The molecule has 2 atom stereocenters. The van der Waals surface area contributed by atoms with E-state index in [2.05, 4.69) is 4.98 Å². The number of rotatable bonds is 10. The van der Waals surface area contributed by atoms with Gasteiger partial charge in [-0.15, -0.1) is 11.8 Å². The van der Waals surface area contributed by atoms with Crippen LogP contribution in [-0.2, 0) is 4.79 Å². The average molecular weight is 533 g/mol. The van der Waals surface area contributed by atoms with Crippen LogP contribution >= 0.6 is 11.8 Å². The van der Waals surface area contributed by atoms with Gasteiger partial charge in [-0.05, 0) is 61.7 Å². The molecule has 0 saturated carbocycles. The number of ketones is 1. The molecule has 1 fully saturated rings. The highest BCUT2D eigenvalue weighted by Crippen LogP contribution is 2.31. The lowest BCUT2D eigenvalue weighted by Crippen LogP contribution is -2.44. The lowest BCUT2D eigenvalue weighted by Gasteiger charge is -2.36. The van der Waals surface area contributed by atoms with Gasteiger partial charge >= 0.3 is 5.97 Å². The zero-order chi connectivity index (χ0) is 26.5. The van der Waals surface area contributed by atoms with Crippen LogP contribution in [0.15, 0.2) is 47.5 Å². The first-order valence-electron chi connectivity index (χ1n) is 11.9. The third-order valence-electron chi connectivity index (χ3n) is 6.77. The largest absolute Gasteiger partial charge is 0.497 e. The number of Topliss-reactive ketones (excluding diaryl/α,β-unsaturated/α-hetero) is 1. The van der Waals surface area contributed by atoms with Crippen molar-refractivity contribution in [3.8, 4) is 5.75 Å². The fourth-order valence-corrected chi connectivity index (χ4v) is 5.74. The molecular weight excluding hydrogens is 505 g/mol. The molecule has 37 heavy (non-hydrogen) atoms. The normalized spacial score (nSPS) is 18.2. The monoisotopic (exact) mass is 532 g/mol. The summed E-state index contributed by atoms with van der Waals surface area (Å²) >= 11 is 1.18. The number of aromatic nitrogens is 1. The average Bonchev–Trinajstić information content (AvgIpc) is 2.89. The van der Waals surface area contributed by atoms with Gasteiger partial charge in [0.2, 0.25) is 0 Å². The molecule has 0 spiro atoms. The molecule has 10 heteroatoms. The molecule has 0 amide bonds. The van der Waals surface area contributed by atoms with Crippen molar-refractivity contribution in [2.75, 3.05) is 32.5 Å². The lowest BCUT2D eigenvalue weighted by molar-refractivity contribution is -0.146. The Balaban J connectivity index is 1.37. The molecule has 1 aromatic heterocycles. The van der Waals surface area contributed by atoms with Crippen LogP contribution in [0, 0.1) is 29.3 Å². The van der Waals surface area contributed by atoms with Crippen LogP contribution in [0.4, 0.5) is 13.2 Å². The third-order valence-corrected chi connectivity index (χ3v) is 7.78. The fraction of sp³-hybridized carbons (Fsp3) is 0.370. The number of fused-ring (bicyclic) bond motifs is 1. The Hall–Kier alpha value is -3.11. The summed E-state index contributed by atoms with van der Waals surface area (Å²) in [7, 11) is 1.48. The molecule has 2 aromatic carbocycles. The quantitative estimate of drug-likeness (QED) is 0.275. The minimum atomic E-state index is -0.948. The number of carbonyl (C=O) groups excluding carboxylic acids is 1. The van der Waals surface area contributed by atoms with Crippen LogP contribution in [0.2, 0.25) is 0 Å². The van der Waals surface area contributed by atoms with Crippen molar-refractivity contribution in [2.24, 2.45) is 11.8 Å². The van der Waals surface area contributed by atoms with E-state index < -0.39 is 35.1 Å². The van der Waals surface area contributed by atoms with Crippen LogP contribution in [0.25, 0.3) is 10.9 Å². The van der Waals surface area contributed by atoms with Gasteiger partial charge < -0.3 is 14.7 Å². The van der Waals surface area contributed by atoms with E-state index in [9.17, 15) is 27.9 Å². The number of hydrogen-bond donors (Lipinski definition) is 1. The summed E-state index contributed by atoms with van der Waals surface area (Å²) in [6.07, 6.45) is 1.92. The molecule has 1 aliphatic rings. The van der Waals surface area contributed by atoms with Crippen molar-refractivity contribution in [3.63, 3.8) is 0 Å². The number of thioether (sulfide) groups is 1. The van der Waals surface area contributed by atoms with Gasteiger partial charge in [0.15, 0.2) is 11.6 Å². The summed E-state index contributed by atoms with van der Waals surface area (Å²) in [5.41, 5.74) is 0.410. The summed E-state index contributed by atoms with van der Waals surface area (Å²) in [5.74, 6) is -3.04. The number of benzene rings is 2. The van der Waals surface area contributed by atoms with E-state index >= 15 is 0 Å². The summed E-state index contributed by atoms with van der Waals surface area (Å²) in [5, 5.41) is 10.2. The summed E-state index contributed by atoms with van der Waals surface area (Å²) < 4.78 is 47.1. The Morgan fingerprint density at radius 2 is 1.97 bits per heavy atom. The van der Waals surface area contributed by atoms with Crippen LogP contribution in [0.5, 0.6) is 5.75 Å². The standard InChI is InChI=1S/C27H27F3N2O4S/c1-36-18-4-6-23-19(13-18)26(22(30)14-31-23)24(33)7-2-16-8-9-32(15-20(16)27(34)35)10-11-37-25-12-17(28)3-5-21(25)29/h3-6,12-14,16,20H,2,7-11,15H2,1H3,(H,34,35)/t16?,20-/m0/s1. The Morgan fingerprint density at radius 1 is 1.16 bits per heavy atom. The smallest absolute Gasteiger partial charge is 0.308 e. The maximum Gasteiger partial charge on any atom is 0.308 e.